The molecule has 0 fully saturated rings. The van der Waals surface area contributed by atoms with E-state index in [9.17, 15) is 4.79 Å². The zero-order valence-electron chi connectivity index (χ0n) is 10.3. The summed E-state index contributed by atoms with van der Waals surface area (Å²) in [6, 6.07) is 0. The number of aryl methyl sites for hydroxylation is 1. The second-order valence-electron chi connectivity index (χ2n) is 4.75. The molecule has 0 spiro atoms. The van der Waals surface area contributed by atoms with Gasteiger partial charge in [-0.25, -0.2) is 4.98 Å². The number of nitrogens with zero attached hydrogens (tertiary/aromatic N) is 1. The molecule has 1 atom stereocenters. The monoisotopic (exact) mass is 258 g/mol. The standard InChI is InChI=1S/C11H18N2OS2/c1-7-6-15-10(12-7)16-8(2)9(14)13-11(3,4)5/h6,8H,1-5H3,(H,13,14)/t8-/m0/s1. The average molecular weight is 258 g/mol. The summed E-state index contributed by atoms with van der Waals surface area (Å²) in [5.74, 6) is 0.0605. The van der Waals surface area contributed by atoms with Gasteiger partial charge in [0.05, 0.1) is 5.25 Å². The van der Waals surface area contributed by atoms with Gasteiger partial charge in [0, 0.05) is 16.6 Å². The van der Waals surface area contributed by atoms with Crippen LogP contribution in [0.3, 0.4) is 0 Å². The van der Waals surface area contributed by atoms with Crippen LogP contribution < -0.4 is 5.32 Å². The molecular formula is C11H18N2OS2. The number of carbonyl (C=O) groups is 1. The number of hydrogen-bond acceptors (Lipinski definition) is 4. The van der Waals surface area contributed by atoms with E-state index < -0.39 is 0 Å². The van der Waals surface area contributed by atoms with E-state index in [0.29, 0.717) is 0 Å². The number of rotatable bonds is 3. The van der Waals surface area contributed by atoms with Gasteiger partial charge in [-0.05, 0) is 34.6 Å². The fourth-order valence-corrected chi connectivity index (χ4v) is 3.05. The summed E-state index contributed by atoms with van der Waals surface area (Å²) in [6.07, 6.45) is 0. The van der Waals surface area contributed by atoms with Crippen molar-refractivity contribution in [2.75, 3.05) is 0 Å². The van der Waals surface area contributed by atoms with Crippen molar-refractivity contribution in [3.8, 4) is 0 Å². The Morgan fingerprint density at radius 3 is 2.62 bits per heavy atom. The molecule has 0 aliphatic heterocycles. The molecule has 0 aromatic carbocycles. The molecule has 0 saturated carbocycles. The van der Waals surface area contributed by atoms with Crippen molar-refractivity contribution in [2.45, 2.75) is 49.7 Å². The topological polar surface area (TPSA) is 42.0 Å². The molecule has 16 heavy (non-hydrogen) atoms. The third-order valence-electron chi connectivity index (χ3n) is 1.74. The summed E-state index contributed by atoms with van der Waals surface area (Å²) in [4.78, 5) is 16.1. The number of thioether (sulfide) groups is 1. The van der Waals surface area contributed by atoms with E-state index in [2.05, 4.69) is 10.3 Å². The first-order valence-electron chi connectivity index (χ1n) is 5.19. The Hall–Kier alpha value is -0.550. The molecule has 0 radical (unpaired) electrons. The fourth-order valence-electron chi connectivity index (χ4n) is 1.06. The minimum absolute atomic E-state index is 0.0605. The fraction of sp³-hybridized carbons (Fsp3) is 0.636. The molecule has 90 valence electrons. The lowest BCUT2D eigenvalue weighted by Gasteiger charge is -2.22. The van der Waals surface area contributed by atoms with Crippen molar-refractivity contribution in [1.82, 2.24) is 10.3 Å². The summed E-state index contributed by atoms with van der Waals surface area (Å²) in [7, 11) is 0. The first kappa shape index (κ1) is 13.5. The van der Waals surface area contributed by atoms with Crippen LogP contribution in [0.25, 0.3) is 0 Å². The highest BCUT2D eigenvalue weighted by molar-refractivity contribution is 8.02. The normalized spacial score (nSPS) is 13.6. The molecule has 1 N–H and O–H groups in total. The van der Waals surface area contributed by atoms with E-state index in [1.165, 1.54) is 11.8 Å². The highest BCUT2D eigenvalue weighted by Crippen LogP contribution is 2.26. The van der Waals surface area contributed by atoms with Crippen LogP contribution in [-0.4, -0.2) is 21.7 Å². The van der Waals surface area contributed by atoms with E-state index in [-0.39, 0.29) is 16.7 Å². The highest BCUT2D eigenvalue weighted by Gasteiger charge is 2.20. The number of carbonyl (C=O) groups excluding carboxylic acids is 1. The summed E-state index contributed by atoms with van der Waals surface area (Å²) in [5, 5.41) is 4.85. The smallest absolute Gasteiger partial charge is 0.233 e. The Kier molecular flexibility index (Phi) is 4.38. The Bertz CT molecular complexity index is 368. The van der Waals surface area contributed by atoms with Crippen molar-refractivity contribution < 1.29 is 4.79 Å². The summed E-state index contributed by atoms with van der Waals surface area (Å²) < 4.78 is 0.953. The van der Waals surface area contributed by atoms with Gasteiger partial charge < -0.3 is 5.32 Å². The van der Waals surface area contributed by atoms with Crippen LogP contribution >= 0.6 is 23.1 Å². The van der Waals surface area contributed by atoms with Gasteiger partial charge >= 0.3 is 0 Å². The molecule has 0 bridgehead atoms. The average Bonchev–Trinajstić information content (AvgIpc) is 2.48. The lowest BCUT2D eigenvalue weighted by Crippen LogP contribution is -2.44. The maximum Gasteiger partial charge on any atom is 0.233 e. The summed E-state index contributed by atoms with van der Waals surface area (Å²) in [5.41, 5.74) is 0.834. The number of amides is 1. The number of aromatic nitrogens is 1. The molecule has 3 nitrogen and oxygen atoms in total. The van der Waals surface area contributed by atoms with Gasteiger partial charge in [-0.15, -0.1) is 11.3 Å². The van der Waals surface area contributed by atoms with Gasteiger partial charge in [-0.3, -0.25) is 4.79 Å². The minimum atomic E-state index is -0.176. The lowest BCUT2D eigenvalue weighted by atomic mass is 10.1. The predicted molar refractivity (Wildman–Crippen MR) is 70.1 cm³/mol. The van der Waals surface area contributed by atoms with Crippen molar-refractivity contribution in [3.63, 3.8) is 0 Å². The Morgan fingerprint density at radius 1 is 1.56 bits per heavy atom. The molecule has 1 rings (SSSR count). The highest BCUT2D eigenvalue weighted by atomic mass is 32.2. The maximum absolute atomic E-state index is 11.8. The van der Waals surface area contributed by atoms with E-state index in [4.69, 9.17) is 0 Å². The Balaban J connectivity index is 2.52. The number of thiazole rings is 1. The zero-order chi connectivity index (χ0) is 12.3. The number of nitrogens with one attached hydrogen (secondary N) is 1. The van der Waals surface area contributed by atoms with Gasteiger partial charge in [0.15, 0.2) is 4.34 Å². The molecule has 1 amide bonds. The van der Waals surface area contributed by atoms with E-state index in [1.54, 1.807) is 11.3 Å². The third-order valence-corrected chi connectivity index (χ3v) is 3.93. The van der Waals surface area contributed by atoms with Gasteiger partial charge in [-0.1, -0.05) is 11.8 Å². The minimum Gasteiger partial charge on any atom is -0.351 e. The van der Waals surface area contributed by atoms with Gasteiger partial charge in [-0.2, -0.15) is 0 Å². The molecule has 0 saturated heterocycles. The molecule has 5 heteroatoms. The van der Waals surface area contributed by atoms with E-state index >= 15 is 0 Å². The lowest BCUT2D eigenvalue weighted by molar-refractivity contribution is -0.121. The molecule has 1 heterocycles. The summed E-state index contributed by atoms with van der Waals surface area (Å²) in [6.45, 7) is 9.81. The van der Waals surface area contributed by atoms with Crippen molar-refractivity contribution >= 4 is 29.0 Å². The van der Waals surface area contributed by atoms with E-state index in [0.717, 1.165) is 10.0 Å². The Labute approximate surface area is 105 Å². The zero-order valence-corrected chi connectivity index (χ0v) is 12.0. The molecule has 0 aliphatic rings. The first-order valence-corrected chi connectivity index (χ1v) is 6.94. The number of hydrogen-bond donors (Lipinski definition) is 1. The van der Waals surface area contributed by atoms with Crippen LogP contribution in [0.5, 0.6) is 0 Å². The van der Waals surface area contributed by atoms with Crippen molar-refractivity contribution in [3.05, 3.63) is 11.1 Å². The van der Waals surface area contributed by atoms with Crippen molar-refractivity contribution in [2.24, 2.45) is 0 Å². The van der Waals surface area contributed by atoms with Crippen LogP contribution in [0, 0.1) is 6.92 Å². The summed E-state index contributed by atoms with van der Waals surface area (Å²) >= 11 is 3.09. The molecule has 0 unspecified atom stereocenters. The second-order valence-corrected chi connectivity index (χ2v) is 7.20. The molecule has 1 aromatic heterocycles. The van der Waals surface area contributed by atoms with Gasteiger partial charge in [0.1, 0.15) is 0 Å². The SMILES string of the molecule is Cc1csc(S[C@@H](C)C(=O)NC(C)(C)C)n1. The van der Waals surface area contributed by atoms with Crippen LogP contribution in [-0.2, 0) is 4.79 Å². The van der Waals surface area contributed by atoms with E-state index in [1.807, 2.05) is 40.0 Å². The molecular weight excluding hydrogens is 240 g/mol. The molecule has 1 aromatic rings. The van der Waals surface area contributed by atoms with Gasteiger partial charge in [0.2, 0.25) is 5.91 Å². The molecule has 0 aliphatic carbocycles. The largest absolute Gasteiger partial charge is 0.351 e. The van der Waals surface area contributed by atoms with Crippen LogP contribution in [0.15, 0.2) is 9.72 Å². The second kappa shape index (κ2) is 5.19. The van der Waals surface area contributed by atoms with Crippen molar-refractivity contribution in [1.29, 1.82) is 0 Å². The quantitative estimate of drug-likeness (QED) is 0.848. The predicted octanol–water partition coefficient (Wildman–Crippen LogP) is 2.85. The maximum atomic E-state index is 11.8. The van der Waals surface area contributed by atoms with Gasteiger partial charge in [0.25, 0.3) is 0 Å². The van der Waals surface area contributed by atoms with Crippen LogP contribution in [0.4, 0.5) is 0 Å². The van der Waals surface area contributed by atoms with Crippen LogP contribution in [0.2, 0.25) is 0 Å². The third kappa shape index (κ3) is 4.53. The Morgan fingerprint density at radius 2 is 2.19 bits per heavy atom. The first-order chi connectivity index (χ1) is 7.28. The van der Waals surface area contributed by atoms with Crippen LogP contribution in [0.1, 0.15) is 33.4 Å².